The van der Waals surface area contributed by atoms with Crippen LogP contribution in [0, 0.1) is 40.9 Å². The average Bonchev–Trinajstić information content (AvgIpc) is 3.67. The molecule has 8 rings (SSSR count). The molecule has 2 heterocycles. The zero-order valence-corrected chi connectivity index (χ0v) is 28.1. The molecule has 5 heteroatoms. The van der Waals surface area contributed by atoms with Crippen molar-refractivity contribution >= 4 is 50.1 Å². The predicted octanol–water partition coefficient (Wildman–Crippen LogP) is 11.3. The van der Waals surface area contributed by atoms with Crippen molar-refractivity contribution in [2.24, 2.45) is 0 Å². The van der Waals surface area contributed by atoms with E-state index in [1.807, 2.05) is 54.6 Å². The highest BCUT2D eigenvalue weighted by Gasteiger charge is 2.22. The molecular weight excluding hydrogens is 623 g/mol. The van der Waals surface area contributed by atoms with Crippen molar-refractivity contribution in [2.75, 3.05) is 0 Å². The van der Waals surface area contributed by atoms with Gasteiger partial charge in [0.05, 0.1) is 51.6 Å². The summed E-state index contributed by atoms with van der Waals surface area (Å²) in [6.07, 6.45) is 6.85. The number of hydrogen-bond donors (Lipinski definition) is 0. The van der Waals surface area contributed by atoms with Crippen LogP contribution in [0.15, 0.2) is 145 Å². The number of nitrogens with zero attached hydrogens (tertiary/aromatic N) is 5. The van der Waals surface area contributed by atoms with Gasteiger partial charge in [-0.1, -0.05) is 85.5 Å². The maximum absolute atomic E-state index is 9.93. The summed E-state index contributed by atoms with van der Waals surface area (Å²) in [5, 5.41) is 32.5. The van der Waals surface area contributed by atoms with Gasteiger partial charge in [-0.25, -0.2) is 0 Å². The molecule has 0 bridgehead atoms. The van der Waals surface area contributed by atoms with E-state index in [0.717, 1.165) is 83.2 Å². The summed E-state index contributed by atoms with van der Waals surface area (Å²) in [5.41, 5.74) is 13.5. The number of para-hydroxylation sites is 2. The highest BCUT2D eigenvalue weighted by molar-refractivity contribution is 6.09. The van der Waals surface area contributed by atoms with Gasteiger partial charge in [0.25, 0.3) is 0 Å². The van der Waals surface area contributed by atoms with Crippen LogP contribution in [-0.2, 0) is 0 Å². The number of nitriles is 3. The van der Waals surface area contributed by atoms with E-state index < -0.39 is 0 Å². The van der Waals surface area contributed by atoms with Crippen molar-refractivity contribution in [3.05, 3.63) is 168 Å². The van der Waals surface area contributed by atoms with Gasteiger partial charge in [0.15, 0.2) is 0 Å². The standard InChI is InChI=1S/C46H31N5/c1-3-31(27-47)26-46-30(2)38-8-4-6-10-42(38)51(46)44-22-12-32(28-48)24-40(44)36-16-14-34(15-17-36)35-18-20-37(21-19-35)50-43-11-7-5-9-39(43)41-25-33(29-49)13-23-45(41)50/h3-11,13-21,23-26H,1,12,22H2,2H3/b31-26+. The minimum Gasteiger partial charge on any atom is -0.313 e. The van der Waals surface area contributed by atoms with Crippen LogP contribution in [0.3, 0.4) is 0 Å². The van der Waals surface area contributed by atoms with E-state index in [9.17, 15) is 15.8 Å². The van der Waals surface area contributed by atoms with Gasteiger partial charge < -0.3 is 9.13 Å². The maximum Gasteiger partial charge on any atom is 0.0992 e. The first-order chi connectivity index (χ1) is 25.0. The number of fused-ring (bicyclic) bond motifs is 4. The van der Waals surface area contributed by atoms with Gasteiger partial charge in [0, 0.05) is 38.7 Å². The fraction of sp³-hybridized carbons (Fsp3) is 0.0652. The molecule has 2 aromatic heterocycles. The van der Waals surface area contributed by atoms with Crippen LogP contribution >= 0.6 is 0 Å². The first-order valence-electron chi connectivity index (χ1n) is 16.9. The minimum absolute atomic E-state index is 0.495. The van der Waals surface area contributed by atoms with Gasteiger partial charge in [-0.05, 0) is 96.6 Å². The van der Waals surface area contributed by atoms with E-state index >= 15 is 0 Å². The third kappa shape index (κ3) is 5.24. The fourth-order valence-corrected chi connectivity index (χ4v) is 7.42. The summed E-state index contributed by atoms with van der Waals surface area (Å²) in [4.78, 5) is 0. The molecule has 0 radical (unpaired) electrons. The van der Waals surface area contributed by atoms with Crippen LogP contribution < -0.4 is 0 Å². The highest BCUT2D eigenvalue weighted by Crippen LogP contribution is 2.40. The average molecular weight is 654 g/mol. The van der Waals surface area contributed by atoms with Crippen LogP contribution in [-0.4, -0.2) is 9.13 Å². The van der Waals surface area contributed by atoms with Crippen molar-refractivity contribution in [1.29, 1.82) is 15.8 Å². The Morgan fingerprint density at radius 2 is 1.29 bits per heavy atom. The second kappa shape index (κ2) is 12.7. The molecule has 240 valence electrons. The van der Waals surface area contributed by atoms with Crippen LogP contribution in [0.25, 0.3) is 66.9 Å². The quantitative estimate of drug-likeness (QED) is 0.132. The summed E-state index contributed by atoms with van der Waals surface area (Å²) in [6, 6.07) is 46.5. The predicted molar refractivity (Wildman–Crippen MR) is 207 cm³/mol. The summed E-state index contributed by atoms with van der Waals surface area (Å²) in [6.45, 7) is 5.94. The second-order valence-electron chi connectivity index (χ2n) is 12.7. The fourth-order valence-electron chi connectivity index (χ4n) is 7.42. The normalized spacial score (nSPS) is 13.2. The zero-order valence-electron chi connectivity index (χ0n) is 28.1. The summed E-state index contributed by atoms with van der Waals surface area (Å²) >= 11 is 0. The molecule has 0 fully saturated rings. The number of rotatable bonds is 6. The molecular formula is C46H31N5. The molecule has 0 saturated heterocycles. The van der Waals surface area contributed by atoms with Gasteiger partial charge in [0.1, 0.15) is 0 Å². The van der Waals surface area contributed by atoms with Crippen LogP contribution in [0.4, 0.5) is 0 Å². The van der Waals surface area contributed by atoms with E-state index in [2.05, 4.69) is 114 Å². The Morgan fingerprint density at radius 1 is 0.667 bits per heavy atom. The van der Waals surface area contributed by atoms with Gasteiger partial charge >= 0.3 is 0 Å². The molecule has 5 aromatic carbocycles. The van der Waals surface area contributed by atoms with E-state index in [-0.39, 0.29) is 0 Å². The minimum atomic E-state index is 0.495. The van der Waals surface area contributed by atoms with Crippen molar-refractivity contribution in [3.63, 3.8) is 0 Å². The first-order valence-corrected chi connectivity index (χ1v) is 16.9. The molecule has 0 spiro atoms. The number of hydrogen-bond acceptors (Lipinski definition) is 3. The Kier molecular flexibility index (Phi) is 7.77. The topological polar surface area (TPSA) is 81.2 Å². The van der Waals surface area contributed by atoms with Crippen molar-refractivity contribution < 1.29 is 0 Å². The SMILES string of the molecule is C=C/C(C#N)=C\c1c(C)c2ccccc2n1C1=C(c2ccc(-c3ccc(-n4c5ccccc5c5cc(C#N)ccc54)cc3)cc2)C=C(C#N)CC1. The Bertz CT molecular complexity index is 2780. The number of aryl methyl sites for hydroxylation is 1. The molecule has 0 amide bonds. The lowest BCUT2D eigenvalue weighted by atomic mass is 9.91. The van der Waals surface area contributed by atoms with Crippen molar-refractivity contribution in [2.45, 2.75) is 19.8 Å². The van der Waals surface area contributed by atoms with Gasteiger partial charge in [-0.2, -0.15) is 15.8 Å². The molecule has 0 aliphatic heterocycles. The lowest BCUT2D eigenvalue weighted by Gasteiger charge is -2.22. The first kappa shape index (κ1) is 31.2. The molecule has 7 aromatic rings. The van der Waals surface area contributed by atoms with Crippen LogP contribution in [0.5, 0.6) is 0 Å². The van der Waals surface area contributed by atoms with Gasteiger partial charge in [0.2, 0.25) is 0 Å². The summed E-state index contributed by atoms with van der Waals surface area (Å²) in [7, 11) is 0. The maximum atomic E-state index is 9.93. The van der Waals surface area contributed by atoms with E-state index in [0.29, 0.717) is 24.0 Å². The molecule has 0 saturated carbocycles. The van der Waals surface area contributed by atoms with Gasteiger partial charge in [-0.15, -0.1) is 0 Å². The van der Waals surface area contributed by atoms with E-state index in [1.54, 1.807) is 6.08 Å². The molecule has 0 unspecified atom stereocenters. The Morgan fingerprint density at radius 3 is 1.96 bits per heavy atom. The van der Waals surface area contributed by atoms with Crippen LogP contribution in [0.2, 0.25) is 0 Å². The number of benzene rings is 5. The van der Waals surface area contributed by atoms with Crippen molar-refractivity contribution in [3.8, 4) is 35.0 Å². The Hall–Kier alpha value is -7.13. The third-order valence-corrected chi connectivity index (χ3v) is 9.95. The third-order valence-electron chi connectivity index (χ3n) is 9.95. The lowest BCUT2D eigenvalue weighted by molar-refractivity contribution is 0.936. The molecule has 0 N–H and O–H groups in total. The molecule has 5 nitrogen and oxygen atoms in total. The van der Waals surface area contributed by atoms with Crippen molar-refractivity contribution in [1.82, 2.24) is 9.13 Å². The monoisotopic (exact) mass is 653 g/mol. The second-order valence-corrected chi connectivity index (χ2v) is 12.7. The summed E-state index contributed by atoms with van der Waals surface area (Å²) < 4.78 is 4.51. The molecule has 1 aliphatic carbocycles. The summed E-state index contributed by atoms with van der Waals surface area (Å²) in [5.74, 6) is 0. The smallest absolute Gasteiger partial charge is 0.0992 e. The number of allylic oxidation sites excluding steroid dienone is 6. The molecule has 51 heavy (non-hydrogen) atoms. The molecule has 0 atom stereocenters. The highest BCUT2D eigenvalue weighted by atomic mass is 15.0. The molecule has 1 aliphatic rings. The Labute approximate surface area is 296 Å². The van der Waals surface area contributed by atoms with Gasteiger partial charge in [-0.3, -0.25) is 0 Å². The van der Waals surface area contributed by atoms with E-state index in [1.165, 1.54) is 0 Å². The van der Waals surface area contributed by atoms with Crippen LogP contribution in [0.1, 0.15) is 35.2 Å². The Balaban J connectivity index is 1.21. The largest absolute Gasteiger partial charge is 0.313 e. The zero-order chi connectivity index (χ0) is 35.1. The lowest BCUT2D eigenvalue weighted by Crippen LogP contribution is -2.07. The van der Waals surface area contributed by atoms with E-state index in [4.69, 9.17) is 0 Å². The number of aromatic nitrogens is 2.